The summed E-state index contributed by atoms with van der Waals surface area (Å²) in [6.45, 7) is 3.41. The zero-order valence-electron chi connectivity index (χ0n) is 27.0. The van der Waals surface area contributed by atoms with E-state index < -0.39 is 32.5 Å². The molecule has 0 aromatic heterocycles. The first-order chi connectivity index (χ1) is 21.3. The number of rotatable bonds is 28. The number of phosphoric ester groups is 1. The molecule has 0 spiro atoms. The Hall–Kier alpha value is -2.51. The average Bonchev–Trinajstić information content (AvgIpc) is 2.98. The van der Waals surface area contributed by atoms with Gasteiger partial charge in [-0.1, -0.05) is 125 Å². The third-order valence-electron chi connectivity index (χ3n) is 6.25. The van der Waals surface area contributed by atoms with Gasteiger partial charge in [0.05, 0.1) is 6.61 Å². The van der Waals surface area contributed by atoms with Crippen LogP contribution in [0.5, 0.6) is 0 Å². The molecule has 8 nitrogen and oxygen atoms in total. The highest BCUT2D eigenvalue weighted by atomic mass is 31.2. The highest BCUT2D eigenvalue weighted by Gasteiger charge is 2.22. The van der Waals surface area contributed by atoms with E-state index in [1.54, 1.807) is 0 Å². The van der Waals surface area contributed by atoms with Gasteiger partial charge in [0.1, 0.15) is 6.61 Å². The Kier molecular flexibility index (Phi) is 28.8. The fraction of sp³-hybridized carbons (Fsp3) is 0.600. The van der Waals surface area contributed by atoms with Gasteiger partial charge in [-0.05, 0) is 51.4 Å². The van der Waals surface area contributed by atoms with Crippen LogP contribution in [-0.2, 0) is 28.2 Å². The van der Waals surface area contributed by atoms with E-state index in [9.17, 15) is 14.2 Å². The SMILES string of the molecule is CC/C=C\C/C=C\C/C=C\C/C=C\C/C=C\C/C=C\CCC(=O)OC(COC(=O)CCCCCCCCC)COP(=O)(O)O. The standard InChI is InChI=1S/C35H57O8P/c1-3-5-7-9-11-12-13-14-15-16-17-18-19-20-21-22-24-26-28-30-35(37)43-33(32-42-44(38,39)40)31-41-34(36)29-27-25-23-10-8-6-4-2/h5,7,11-12,14-15,17-18,20-21,24,26,33H,3-4,6,8-10,13,16,19,22-23,25,27-32H2,1-2H3,(H2,38,39,40)/b7-5-,12-11-,15-14-,18-17-,21-20-,26-24-. The average molecular weight is 637 g/mol. The number of carbonyl (C=O) groups is 2. The van der Waals surface area contributed by atoms with Gasteiger partial charge < -0.3 is 19.3 Å². The molecule has 0 saturated carbocycles. The summed E-state index contributed by atoms with van der Waals surface area (Å²) in [5.41, 5.74) is 0. The van der Waals surface area contributed by atoms with E-state index in [0.29, 0.717) is 12.8 Å². The van der Waals surface area contributed by atoms with Gasteiger partial charge in [-0.3, -0.25) is 14.1 Å². The third-order valence-corrected chi connectivity index (χ3v) is 6.74. The summed E-state index contributed by atoms with van der Waals surface area (Å²) in [6, 6.07) is 0. The number of esters is 2. The first-order valence-electron chi connectivity index (χ1n) is 16.2. The maximum absolute atomic E-state index is 12.2. The summed E-state index contributed by atoms with van der Waals surface area (Å²) in [4.78, 5) is 42.3. The van der Waals surface area contributed by atoms with Crippen LogP contribution >= 0.6 is 7.82 Å². The Morgan fingerprint density at radius 2 is 1.09 bits per heavy atom. The first kappa shape index (κ1) is 41.5. The zero-order chi connectivity index (χ0) is 32.6. The van der Waals surface area contributed by atoms with Crippen LogP contribution in [0.2, 0.25) is 0 Å². The molecule has 44 heavy (non-hydrogen) atoms. The smallest absolute Gasteiger partial charge is 0.462 e. The van der Waals surface area contributed by atoms with Crippen molar-refractivity contribution in [1.29, 1.82) is 0 Å². The number of ether oxygens (including phenoxy) is 2. The molecule has 250 valence electrons. The molecule has 9 heteroatoms. The van der Waals surface area contributed by atoms with Crippen LogP contribution in [0.1, 0.15) is 117 Å². The largest absolute Gasteiger partial charge is 0.469 e. The van der Waals surface area contributed by atoms with Crippen molar-refractivity contribution < 1.29 is 37.9 Å². The predicted octanol–water partition coefficient (Wildman–Crippen LogP) is 9.17. The van der Waals surface area contributed by atoms with Crippen molar-refractivity contribution in [2.24, 2.45) is 0 Å². The van der Waals surface area contributed by atoms with Crippen LogP contribution < -0.4 is 0 Å². The van der Waals surface area contributed by atoms with E-state index >= 15 is 0 Å². The molecule has 1 unspecified atom stereocenters. The van der Waals surface area contributed by atoms with E-state index in [2.05, 4.69) is 79.1 Å². The quantitative estimate of drug-likeness (QED) is 0.0378. The molecule has 0 radical (unpaired) electrons. The lowest BCUT2D eigenvalue weighted by Gasteiger charge is -2.18. The Morgan fingerprint density at radius 3 is 1.59 bits per heavy atom. The molecule has 1 atom stereocenters. The van der Waals surface area contributed by atoms with Crippen molar-refractivity contribution in [2.45, 2.75) is 123 Å². The summed E-state index contributed by atoms with van der Waals surface area (Å²) in [5, 5.41) is 0. The van der Waals surface area contributed by atoms with E-state index in [-0.39, 0.29) is 19.4 Å². The minimum absolute atomic E-state index is 0.0839. The normalized spacial score (nSPS) is 13.5. The van der Waals surface area contributed by atoms with Gasteiger partial charge in [0.2, 0.25) is 0 Å². The zero-order valence-corrected chi connectivity index (χ0v) is 27.9. The molecular formula is C35H57O8P. The van der Waals surface area contributed by atoms with Crippen molar-refractivity contribution in [1.82, 2.24) is 0 Å². The molecule has 0 aliphatic heterocycles. The second-order valence-corrected chi connectivity index (χ2v) is 11.6. The van der Waals surface area contributed by atoms with Crippen LogP contribution in [0.4, 0.5) is 0 Å². The van der Waals surface area contributed by atoms with Crippen LogP contribution in [-0.4, -0.2) is 41.0 Å². The van der Waals surface area contributed by atoms with E-state index in [1.165, 1.54) is 19.3 Å². The maximum Gasteiger partial charge on any atom is 0.469 e. The molecule has 0 bridgehead atoms. The summed E-state index contributed by atoms with van der Waals surface area (Å²) in [5.74, 6) is -0.999. The molecule has 0 aliphatic carbocycles. The second-order valence-electron chi connectivity index (χ2n) is 10.4. The summed E-state index contributed by atoms with van der Waals surface area (Å²) < 4.78 is 26.0. The Labute approximate surface area is 266 Å². The van der Waals surface area contributed by atoms with Gasteiger partial charge >= 0.3 is 19.8 Å². The minimum Gasteiger partial charge on any atom is -0.462 e. The topological polar surface area (TPSA) is 119 Å². The molecule has 0 heterocycles. The second kappa shape index (κ2) is 30.5. The summed E-state index contributed by atoms with van der Waals surface area (Å²) >= 11 is 0. The summed E-state index contributed by atoms with van der Waals surface area (Å²) in [6.07, 6.45) is 38.0. The van der Waals surface area contributed by atoms with Crippen LogP contribution in [0.15, 0.2) is 72.9 Å². The van der Waals surface area contributed by atoms with Crippen molar-refractivity contribution in [2.75, 3.05) is 13.2 Å². The van der Waals surface area contributed by atoms with E-state index in [1.807, 2.05) is 12.2 Å². The van der Waals surface area contributed by atoms with Gasteiger partial charge in [-0.2, -0.15) is 0 Å². The molecule has 0 aromatic carbocycles. The lowest BCUT2D eigenvalue weighted by molar-refractivity contribution is -0.161. The minimum atomic E-state index is -4.76. The maximum atomic E-state index is 12.2. The number of hydrogen-bond donors (Lipinski definition) is 2. The lowest BCUT2D eigenvalue weighted by Crippen LogP contribution is -2.29. The number of hydrogen-bond acceptors (Lipinski definition) is 6. The van der Waals surface area contributed by atoms with Gasteiger partial charge in [-0.25, -0.2) is 4.57 Å². The van der Waals surface area contributed by atoms with Gasteiger partial charge in [0.15, 0.2) is 6.10 Å². The van der Waals surface area contributed by atoms with E-state index in [4.69, 9.17) is 19.3 Å². The van der Waals surface area contributed by atoms with Crippen LogP contribution in [0, 0.1) is 0 Å². The number of phosphoric acid groups is 1. The monoisotopic (exact) mass is 636 g/mol. The van der Waals surface area contributed by atoms with Crippen molar-refractivity contribution in [3.8, 4) is 0 Å². The number of unbranched alkanes of at least 4 members (excludes halogenated alkanes) is 6. The highest BCUT2D eigenvalue weighted by Crippen LogP contribution is 2.35. The molecule has 0 aromatic rings. The summed E-state index contributed by atoms with van der Waals surface area (Å²) in [7, 11) is -4.76. The Morgan fingerprint density at radius 1 is 0.614 bits per heavy atom. The predicted molar refractivity (Wildman–Crippen MR) is 179 cm³/mol. The van der Waals surface area contributed by atoms with Gasteiger partial charge in [0, 0.05) is 12.8 Å². The van der Waals surface area contributed by atoms with Crippen LogP contribution in [0.25, 0.3) is 0 Å². The molecule has 0 amide bonds. The molecule has 0 aliphatic rings. The Balaban J connectivity index is 4.18. The molecule has 0 fully saturated rings. The first-order valence-corrected chi connectivity index (χ1v) is 17.8. The fourth-order valence-corrected chi connectivity index (χ4v) is 4.23. The molecular weight excluding hydrogens is 579 g/mol. The van der Waals surface area contributed by atoms with Gasteiger partial charge in [-0.15, -0.1) is 0 Å². The van der Waals surface area contributed by atoms with Crippen molar-refractivity contribution in [3.05, 3.63) is 72.9 Å². The van der Waals surface area contributed by atoms with E-state index in [0.717, 1.165) is 57.8 Å². The lowest BCUT2D eigenvalue weighted by atomic mass is 10.1. The van der Waals surface area contributed by atoms with Crippen molar-refractivity contribution in [3.63, 3.8) is 0 Å². The number of carbonyl (C=O) groups excluding carboxylic acids is 2. The Bertz CT molecular complexity index is 942. The van der Waals surface area contributed by atoms with Gasteiger partial charge in [0.25, 0.3) is 0 Å². The molecule has 0 saturated heterocycles. The molecule has 2 N–H and O–H groups in total. The third kappa shape index (κ3) is 32.4. The fourth-order valence-electron chi connectivity index (χ4n) is 3.87. The molecule has 0 rings (SSSR count). The highest BCUT2D eigenvalue weighted by molar-refractivity contribution is 7.46. The van der Waals surface area contributed by atoms with Crippen molar-refractivity contribution >= 4 is 19.8 Å². The van der Waals surface area contributed by atoms with Crippen LogP contribution in [0.3, 0.4) is 0 Å². The number of allylic oxidation sites excluding steroid dienone is 12.